The Hall–Kier alpha value is -1.95. The van der Waals surface area contributed by atoms with E-state index in [4.69, 9.17) is 16.3 Å². The van der Waals surface area contributed by atoms with Gasteiger partial charge >= 0.3 is 0 Å². The summed E-state index contributed by atoms with van der Waals surface area (Å²) >= 11 is 5.89. The van der Waals surface area contributed by atoms with E-state index in [0.29, 0.717) is 24.0 Å². The second-order valence-corrected chi connectivity index (χ2v) is 7.24. The van der Waals surface area contributed by atoms with Crippen molar-refractivity contribution < 1.29 is 9.53 Å². The average molecular weight is 395 g/mol. The summed E-state index contributed by atoms with van der Waals surface area (Å²) in [6.45, 7) is 6.43. The highest BCUT2D eigenvalue weighted by atomic mass is 35.5. The van der Waals surface area contributed by atoms with E-state index in [1.54, 1.807) is 7.05 Å². The predicted octanol–water partition coefficient (Wildman–Crippen LogP) is 3.06. The molecular formula is C20H31ClN4O2. The van der Waals surface area contributed by atoms with E-state index in [-0.39, 0.29) is 12.0 Å². The van der Waals surface area contributed by atoms with Crippen molar-refractivity contribution in [2.75, 3.05) is 26.7 Å². The first-order valence-corrected chi connectivity index (χ1v) is 10.1. The maximum Gasteiger partial charge on any atom is 0.222 e. The fraction of sp³-hybridized carbons (Fsp3) is 0.600. The molecule has 2 atom stereocenters. The van der Waals surface area contributed by atoms with Crippen molar-refractivity contribution in [2.24, 2.45) is 4.99 Å². The zero-order valence-electron chi connectivity index (χ0n) is 16.5. The standard InChI is InChI=1S/C20H31ClN4O2/c1-4-17(25-13-5-6-19(25)26)11-12-23-20(22-3)24-14-15(2)27-18-9-7-16(21)8-10-18/h7-10,15,17H,4-6,11-14H2,1-3H3,(H2,22,23,24). The zero-order chi connectivity index (χ0) is 19.6. The summed E-state index contributed by atoms with van der Waals surface area (Å²) in [6.07, 6.45) is 3.55. The Balaban J connectivity index is 1.70. The van der Waals surface area contributed by atoms with Gasteiger partial charge in [-0.3, -0.25) is 9.79 Å². The van der Waals surface area contributed by atoms with Crippen LogP contribution < -0.4 is 15.4 Å². The summed E-state index contributed by atoms with van der Waals surface area (Å²) in [7, 11) is 1.75. The molecule has 1 aromatic rings. The molecule has 1 fully saturated rings. The minimum atomic E-state index is -0.0182. The molecule has 2 unspecified atom stereocenters. The number of ether oxygens (including phenoxy) is 1. The Bertz CT molecular complexity index is 621. The molecule has 1 aliphatic heterocycles. The number of nitrogens with one attached hydrogen (secondary N) is 2. The molecular weight excluding hydrogens is 364 g/mol. The zero-order valence-corrected chi connectivity index (χ0v) is 17.3. The van der Waals surface area contributed by atoms with E-state index in [9.17, 15) is 4.79 Å². The van der Waals surface area contributed by atoms with E-state index in [1.165, 1.54) is 0 Å². The van der Waals surface area contributed by atoms with Crippen LogP contribution in [-0.2, 0) is 4.79 Å². The third-order valence-electron chi connectivity index (χ3n) is 4.72. The molecule has 150 valence electrons. The Morgan fingerprint density at radius 1 is 1.33 bits per heavy atom. The minimum Gasteiger partial charge on any atom is -0.489 e. The van der Waals surface area contributed by atoms with E-state index in [1.807, 2.05) is 36.1 Å². The molecule has 0 saturated carbocycles. The maximum absolute atomic E-state index is 11.9. The molecule has 1 saturated heterocycles. The van der Waals surface area contributed by atoms with Crippen molar-refractivity contribution in [3.05, 3.63) is 29.3 Å². The Morgan fingerprint density at radius 3 is 2.67 bits per heavy atom. The fourth-order valence-corrected chi connectivity index (χ4v) is 3.37. The van der Waals surface area contributed by atoms with Crippen LogP contribution in [0.2, 0.25) is 5.02 Å². The molecule has 2 rings (SSSR count). The van der Waals surface area contributed by atoms with Gasteiger partial charge in [-0.15, -0.1) is 0 Å². The number of hydrogen-bond donors (Lipinski definition) is 2. The first kappa shape index (κ1) is 21.4. The predicted molar refractivity (Wildman–Crippen MR) is 111 cm³/mol. The summed E-state index contributed by atoms with van der Waals surface area (Å²) in [4.78, 5) is 18.2. The van der Waals surface area contributed by atoms with Crippen LogP contribution in [0.3, 0.4) is 0 Å². The first-order valence-electron chi connectivity index (χ1n) is 9.69. The Labute approximate surface area is 167 Å². The quantitative estimate of drug-likeness (QED) is 0.499. The number of aliphatic imine (C=N–C) groups is 1. The van der Waals surface area contributed by atoms with Crippen molar-refractivity contribution in [1.29, 1.82) is 0 Å². The number of hydrogen-bond acceptors (Lipinski definition) is 3. The largest absolute Gasteiger partial charge is 0.489 e. The lowest BCUT2D eigenvalue weighted by atomic mass is 10.1. The summed E-state index contributed by atoms with van der Waals surface area (Å²) in [5, 5.41) is 7.30. The third kappa shape index (κ3) is 6.94. The first-order chi connectivity index (χ1) is 13.0. The molecule has 27 heavy (non-hydrogen) atoms. The molecule has 1 heterocycles. The van der Waals surface area contributed by atoms with E-state index in [0.717, 1.165) is 44.1 Å². The highest BCUT2D eigenvalue weighted by molar-refractivity contribution is 6.30. The van der Waals surface area contributed by atoms with E-state index < -0.39 is 0 Å². The fourth-order valence-electron chi connectivity index (χ4n) is 3.24. The number of guanidine groups is 1. The molecule has 0 radical (unpaired) electrons. The third-order valence-corrected chi connectivity index (χ3v) is 4.98. The molecule has 2 N–H and O–H groups in total. The lowest BCUT2D eigenvalue weighted by Crippen LogP contribution is -2.44. The SMILES string of the molecule is CCC(CCNC(=NC)NCC(C)Oc1ccc(Cl)cc1)N1CCCC1=O. The van der Waals surface area contributed by atoms with Gasteiger partial charge in [-0.2, -0.15) is 0 Å². The van der Waals surface area contributed by atoms with Gasteiger partial charge < -0.3 is 20.3 Å². The maximum atomic E-state index is 11.9. The molecule has 6 nitrogen and oxygen atoms in total. The van der Waals surface area contributed by atoms with Crippen molar-refractivity contribution in [3.8, 4) is 5.75 Å². The number of benzene rings is 1. The number of likely N-dealkylation sites (tertiary alicyclic amines) is 1. The second-order valence-electron chi connectivity index (χ2n) is 6.80. The van der Waals surface area contributed by atoms with Crippen LogP contribution >= 0.6 is 11.6 Å². The van der Waals surface area contributed by atoms with Crippen LogP contribution in [0.15, 0.2) is 29.3 Å². The molecule has 0 bridgehead atoms. The van der Waals surface area contributed by atoms with E-state index in [2.05, 4.69) is 22.5 Å². The minimum absolute atomic E-state index is 0.0182. The molecule has 0 spiro atoms. The Kier molecular flexibility index (Phi) is 8.72. The van der Waals surface area contributed by atoms with Gasteiger partial charge in [0.2, 0.25) is 5.91 Å². The van der Waals surface area contributed by atoms with Crippen molar-refractivity contribution >= 4 is 23.5 Å². The van der Waals surface area contributed by atoms with Crippen molar-refractivity contribution in [2.45, 2.75) is 51.7 Å². The number of amides is 1. The molecule has 0 aromatic heterocycles. The topological polar surface area (TPSA) is 66.0 Å². The van der Waals surface area contributed by atoms with Crippen LogP contribution in [-0.4, -0.2) is 55.6 Å². The molecule has 1 aliphatic rings. The summed E-state index contributed by atoms with van der Waals surface area (Å²) < 4.78 is 5.86. The monoisotopic (exact) mass is 394 g/mol. The average Bonchev–Trinajstić information content (AvgIpc) is 3.09. The smallest absolute Gasteiger partial charge is 0.222 e. The number of carbonyl (C=O) groups excluding carboxylic acids is 1. The summed E-state index contributed by atoms with van der Waals surface area (Å²) in [5.74, 6) is 1.82. The van der Waals surface area contributed by atoms with Gasteiger partial charge in [0.15, 0.2) is 5.96 Å². The van der Waals surface area contributed by atoms with Crippen LogP contribution in [0.1, 0.15) is 39.5 Å². The molecule has 1 amide bonds. The van der Waals surface area contributed by atoms with Crippen LogP contribution in [0.25, 0.3) is 0 Å². The van der Waals surface area contributed by atoms with Gasteiger partial charge in [-0.25, -0.2) is 0 Å². The van der Waals surface area contributed by atoms with Gasteiger partial charge in [0.05, 0.1) is 6.54 Å². The van der Waals surface area contributed by atoms with Gasteiger partial charge in [-0.1, -0.05) is 18.5 Å². The Morgan fingerprint density at radius 2 is 2.07 bits per heavy atom. The van der Waals surface area contributed by atoms with Gasteiger partial charge in [0.25, 0.3) is 0 Å². The number of halogens is 1. The van der Waals surface area contributed by atoms with Crippen molar-refractivity contribution in [1.82, 2.24) is 15.5 Å². The van der Waals surface area contributed by atoms with Crippen molar-refractivity contribution in [3.63, 3.8) is 0 Å². The second kappa shape index (κ2) is 11.0. The summed E-state index contributed by atoms with van der Waals surface area (Å²) in [6, 6.07) is 7.64. The van der Waals surface area contributed by atoms with Gasteiger partial charge in [-0.05, 0) is 50.5 Å². The molecule has 7 heteroatoms. The summed E-state index contributed by atoms with van der Waals surface area (Å²) in [5.41, 5.74) is 0. The lowest BCUT2D eigenvalue weighted by Gasteiger charge is -2.27. The van der Waals surface area contributed by atoms with Crippen LogP contribution in [0.5, 0.6) is 5.75 Å². The molecule has 0 aliphatic carbocycles. The highest BCUT2D eigenvalue weighted by Crippen LogP contribution is 2.18. The number of carbonyl (C=O) groups is 1. The molecule has 1 aromatic carbocycles. The number of nitrogens with zero attached hydrogens (tertiary/aromatic N) is 2. The van der Waals surface area contributed by atoms with Crippen LogP contribution in [0.4, 0.5) is 0 Å². The normalized spacial score (nSPS) is 17.0. The van der Waals surface area contributed by atoms with Gasteiger partial charge in [0, 0.05) is 37.6 Å². The highest BCUT2D eigenvalue weighted by Gasteiger charge is 2.26. The van der Waals surface area contributed by atoms with Crippen LogP contribution in [0, 0.1) is 0 Å². The van der Waals surface area contributed by atoms with E-state index >= 15 is 0 Å². The number of rotatable bonds is 9. The van der Waals surface area contributed by atoms with Gasteiger partial charge in [0.1, 0.15) is 11.9 Å². The lowest BCUT2D eigenvalue weighted by molar-refractivity contribution is -0.129.